The molecule has 0 aliphatic heterocycles. The number of benzene rings is 2. The van der Waals surface area contributed by atoms with Gasteiger partial charge in [-0.15, -0.1) is 0 Å². The molecule has 2 aromatic carbocycles. The molecule has 5 heteroatoms. The zero-order chi connectivity index (χ0) is 14.7. The minimum absolute atomic E-state index is 0.266. The van der Waals surface area contributed by atoms with Crippen LogP contribution in [0.1, 0.15) is 26.3 Å². The lowest BCUT2D eigenvalue weighted by Gasteiger charge is -2.11. The van der Waals surface area contributed by atoms with Gasteiger partial charge in [-0.05, 0) is 36.8 Å². The van der Waals surface area contributed by atoms with Gasteiger partial charge in [-0.3, -0.25) is 9.59 Å². The highest BCUT2D eigenvalue weighted by Gasteiger charge is 2.14. The summed E-state index contributed by atoms with van der Waals surface area (Å²) in [7, 11) is 0. The lowest BCUT2D eigenvalue weighted by Crippen LogP contribution is -2.19. The van der Waals surface area contributed by atoms with Crippen LogP contribution in [-0.2, 0) is 0 Å². The van der Waals surface area contributed by atoms with E-state index in [2.05, 4.69) is 5.32 Å². The van der Waals surface area contributed by atoms with Gasteiger partial charge in [0.25, 0.3) is 11.8 Å². The highest BCUT2D eigenvalue weighted by molar-refractivity contribution is 6.09. The second-order valence-corrected chi connectivity index (χ2v) is 4.38. The fraction of sp³-hybridized carbons (Fsp3) is 0.0667. The Morgan fingerprint density at radius 3 is 2.35 bits per heavy atom. The van der Waals surface area contributed by atoms with E-state index in [4.69, 9.17) is 11.5 Å². The Bertz CT molecular complexity index is 681. The summed E-state index contributed by atoms with van der Waals surface area (Å²) in [6.45, 7) is 1.77. The van der Waals surface area contributed by atoms with Gasteiger partial charge in [0, 0.05) is 11.3 Å². The van der Waals surface area contributed by atoms with Crippen molar-refractivity contribution < 1.29 is 9.59 Å². The summed E-state index contributed by atoms with van der Waals surface area (Å²) in [5.74, 6) is -0.923. The molecule has 0 spiro atoms. The largest absolute Gasteiger partial charge is 0.398 e. The van der Waals surface area contributed by atoms with Gasteiger partial charge in [0.2, 0.25) is 0 Å². The molecule has 102 valence electrons. The van der Waals surface area contributed by atoms with Crippen LogP contribution in [0.15, 0.2) is 42.5 Å². The Hall–Kier alpha value is -2.82. The second kappa shape index (κ2) is 5.44. The number of hydrogen-bond donors (Lipinski definition) is 3. The Kier molecular flexibility index (Phi) is 3.70. The molecule has 5 nitrogen and oxygen atoms in total. The van der Waals surface area contributed by atoms with Crippen LogP contribution in [0.4, 0.5) is 11.4 Å². The van der Waals surface area contributed by atoms with Crippen LogP contribution in [0.3, 0.4) is 0 Å². The molecule has 20 heavy (non-hydrogen) atoms. The first kappa shape index (κ1) is 13.6. The van der Waals surface area contributed by atoms with Crippen LogP contribution < -0.4 is 16.8 Å². The number of anilines is 2. The highest BCUT2D eigenvalue weighted by Crippen LogP contribution is 2.19. The summed E-state index contributed by atoms with van der Waals surface area (Å²) in [5.41, 5.74) is 13.4. The number of para-hydroxylation sites is 1. The van der Waals surface area contributed by atoms with Gasteiger partial charge < -0.3 is 16.8 Å². The predicted octanol–water partition coefficient (Wildman–Crippen LogP) is 1.93. The maximum absolute atomic E-state index is 12.2. The minimum atomic E-state index is -0.592. The molecule has 0 bridgehead atoms. The van der Waals surface area contributed by atoms with E-state index < -0.39 is 5.91 Å². The van der Waals surface area contributed by atoms with Crippen molar-refractivity contribution in [3.63, 3.8) is 0 Å². The molecule has 0 aliphatic carbocycles. The predicted molar refractivity (Wildman–Crippen MR) is 78.5 cm³/mol. The molecule has 0 unspecified atom stereocenters. The van der Waals surface area contributed by atoms with E-state index in [0.717, 1.165) is 0 Å². The number of nitrogens with two attached hydrogens (primary N) is 2. The first-order valence-electron chi connectivity index (χ1n) is 6.06. The molecule has 2 aromatic rings. The molecule has 0 heterocycles. The normalized spacial score (nSPS) is 10.1. The van der Waals surface area contributed by atoms with Gasteiger partial charge in [-0.25, -0.2) is 0 Å². The van der Waals surface area contributed by atoms with Crippen molar-refractivity contribution in [3.8, 4) is 0 Å². The average Bonchev–Trinajstić information content (AvgIpc) is 2.42. The number of rotatable bonds is 3. The van der Waals surface area contributed by atoms with E-state index in [-0.39, 0.29) is 11.5 Å². The number of nitrogens with one attached hydrogen (secondary N) is 1. The zero-order valence-electron chi connectivity index (χ0n) is 11.0. The molecule has 0 saturated heterocycles. The first-order chi connectivity index (χ1) is 9.50. The maximum atomic E-state index is 12.2. The Balaban J connectivity index is 2.33. The molecule has 0 aliphatic rings. The van der Waals surface area contributed by atoms with E-state index >= 15 is 0 Å². The van der Waals surface area contributed by atoms with Crippen molar-refractivity contribution in [2.24, 2.45) is 5.73 Å². The molecule has 2 amide bonds. The van der Waals surface area contributed by atoms with Crippen LogP contribution in [0, 0.1) is 6.92 Å². The van der Waals surface area contributed by atoms with Crippen LogP contribution >= 0.6 is 0 Å². The van der Waals surface area contributed by atoms with Gasteiger partial charge in [-0.2, -0.15) is 0 Å². The molecular weight excluding hydrogens is 254 g/mol. The van der Waals surface area contributed by atoms with Crippen molar-refractivity contribution in [2.45, 2.75) is 6.92 Å². The van der Waals surface area contributed by atoms with Crippen LogP contribution in [0.25, 0.3) is 0 Å². The van der Waals surface area contributed by atoms with E-state index in [1.54, 1.807) is 49.4 Å². The van der Waals surface area contributed by atoms with Gasteiger partial charge in [0.1, 0.15) is 0 Å². The van der Waals surface area contributed by atoms with Crippen molar-refractivity contribution in [3.05, 3.63) is 59.2 Å². The third-order valence-electron chi connectivity index (χ3n) is 3.06. The summed E-state index contributed by atoms with van der Waals surface area (Å²) in [4.78, 5) is 23.6. The molecule has 0 radical (unpaired) electrons. The number of carbonyl (C=O) groups is 2. The monoisotopic (exact) mass is 269 g/mol. The lowest BCUT2D eigenvalue weighted by molar-refractivity contribution is 0.100. The minimum Gasteiger partial charge on any atom is -0.398 e. The number of primary amides is 1. The number of carbonyl (C=O) groups excluding carboxylic acids is 2. The van der Waals surface area contributed by atoms with Crippen molar-refractivity contribution in [1.29, 1.82) is 0 Å². The van der Waals surface area contributed by atoms with Gasteiger partial charge in [-0.1, -0.05) is 18.2 Å². The molecule has 0 fully saturated rings. The van der Waals surface area contributed by atoms with Gasteiger partial charge in [0.05, 0.1) is 11.3 Å². The molecule has 5 N–H and O–H groups in total. The van der Waals surface area contributed by atoms with Crippen LogP contribution in [0.2, 0.25) is 0 Å². The Morgan fingerprint density at radius 1 is 1.00 bits per heavy atom. The summed E-state index contributed by atoms with van der Waals surface area (Å²) in [6, 6.07) is 11.7. The quantitative estimate of drug-likeness (QED) is 0.742. The van der Waals surface area contributed by atoms with E-state index in [1.165, 1.54) is 0 Å². The molecule has 0 aromatic heterocycles. The first-order valence-corrected chi connectivity index (χ1v) is 6.06. The second-order valence-electron chi connectivity index (χ2n) is 4.38. The number of amides is 2. The zero-order valence-corrected chi connectivity index (χ0v) is 11.0. The SMILES string of the molecule is Cc1c(N)cccc1C(=O)Nc1ccccc1C(N)=O. The standard InChI is InChI=1S/C15H15N3O2/c1-9-10(6-4-7-12(9)16)15(20)18-13-8-3-2-5-11(13)14(17)19/h2-8H,16H2,1H3,(H2,17,19)(H,18,20). The Morgan fingerprint density at radius 2 is 1.65 bits per heavy atom. The van der Waals surface area contributed by atoms with Crippen molar-refractivity contribution >= 4 is 23.2 Å². The smallest absolute Gasteiger partial charge is 0.256 e. The average molecular weight is 269 g/mol. The maximum Gasteiger partial charge on any atom is 0.256 e. The summed E-state index contributed by atoms with van der Waals surface area (Å²) in [6.07, 6.45) is 0. The summed E-state index contributed by atoms with van der Waals surface area (Å²) in [5, 5.41) is 2.68. The summed E-state index contributed by atoms with van der Waals surface area (Å²) < 4.78 is 0. The van der Waals surface area contributed by atoms with Crippen LogP contribution in [0.5, 0.6) is 0 Å². The lowest BCUT2D eigenvalue weighted by atomic mass is 10.1. The van der Waals surface area contributed by atoms with E-state index in [0.29, 0.717) is 22.5 Å². The fourth-order valence-electron chi connectivity index (χ4n) is 1.90. The van der Waals surface area contributed by atoms with Gasteiger partial charge in [0.15, 0.2) is 0 Å². The highest BCUT2D eigenvalue weighted by atomic mass is 16.2. The number of nitrogen functional groups attached to an aromatic ring is 1. The van der Waals surface area contributed by atoms with Crippen molar-refractivity contribution in [1.82, 2.24) is 0 Å². The third kappa shape index (κ3) is 2.61. The Labute approximate surface area is 116 Å². The van der Waals surface area contributed by atoms with E-state index in [1.807, 2.05) is 0 Å². The molecule has 0 atom stereocenters. The fourth-order valence-corrected chi connectivity index (χ4v) is 1.90. The molecular formula is C15H15N3O2. The van der Waals surface area contributed by atoms with Crippen molar-refractivity contribution in [2.75, 3.05) is 11.1 Å². The van der Waals surface area contributed by atoms with Gasteiger partial charge >= 0.3 is 0 Å². The van der Waals surface area contributed by atoms with Crippen LogP contribution in [-0.4, -0.2) is 11.8 Å². The summed E-state index contributed by atoms with van der Waals surface area (Å²) >= 11 is 0. The third-order valence-corrected chi connectivity index (χ3v) is 3.06. The molecule has 0 saturated carbocycles. The topological polar surface area (TPSA) is 98.2 Å². The number of hydrogen-bond acceptors (Lipinski definition) is 3. The molecule has 2 rings (SSSR count). The van der Waals surface area contributed by atoms with E-state index in [9.17, 15) is 9.59 Å².